The van der Waals surface area contributed by atoms with Gasteiger partial charge in [0, 0.05) is 6.42 Å². The van der Waals surface area contributed by atoms with Crippen LogP contribution in [0.1, 0.15) is 25.6 Å². The highest BCUT2D eigenvalue weighted by Crippen LogP contribution is 1.96. The molecule has 2 N–H and O–H groups in total. The number of hydrogen-bond donors (Lipinski definition) is 2. The van der Waals surface area contributed by atoms with E-state index in [0.717, 1.165) is 31.6 Å². The van der Waals surface area contributed by atoms with E-state index in [9.17, 15) is 4.79 Å². The van der Waals surface area contributed by atoms with Gasteiger partial charge in [0.2, 0.25) is 0 Å². The quantitative estimate of drug-likeness (QED) is 0.515. The number of nitrogens with zero attached hydrogens (tertiary/aromatic N) is 2. The molecule has 1 atom stereocenters. The Morgan fingerprint density at radius 3 is 3.06 bits per heavy atom. The first-order chi connectivity index (χ1) is 7.77. The van der Waals surface area contributed by atoms with Crippen molar-refractivity contribution < 1.29 is 9.53 Å². The van der Waals surface area contributed by atoms with Gasteiger partial charge in [-0.15, -0.1) is 0 Å². The fraction of sp³-hybridized carbons (Fsp3) is 0.700. The largest absolute Gasteiger partial charge is 0.468 e. The Balaban J connectivity index is 2.16. The van der Waals surface area contributed by atoms with Crippen molar-refractivity contribution in [3.63, 3.8) is 0 Å². The fourth-order valence-corrected chi connectivity index (χ4v) is 1.42. The molecule has 1 heterocycles. The molecule has 0 aliphatic heterocycles. The van der Waals surface area contributed by atoms with Gasteiger partial charge in [-0.1, -0.05) is 6.92 Å². The lowest BCUT2D eigenvalue weighted by Crippen LogP contribution is -2.37. The van der Waals surface area contributed by atoms with Gasteiger partial charge < -0.3 is 10.1 Å². The molecule has 0 spiro atoms. The number of esters is 1. The lowest BCUT2D eigenvalue weighted by Gasteiger charge is -2.13. The van der Waals surface area contributed by atoms with Crippen molar-refractivity contribution in [3.8, 4) is 0 Å². The molecule has 1 rings (SSSR count). The first kappa shape index (κ1) is 12.6. The minimum atomic E-state index is -0.209. The van der Waals surface area contributed by atoms with Gasteiger partial charge in [0.05, 0.1) is 7.11 Å². The van der Waals surface area contributed by atoms with Gasteiger partial charge in [0.25, 0.3) is 0 Å². The second-order valence-corrected chi connectivity index (χ2v) is 3.47. The second kappa shape index (κ2) is 6.95. The summed E-state index contributed by atoms with van der Waals surface area (Å²) in [7, 11) is 1.40. The summed E-state index contributed by atoms with van der Waals surface area (Å²) in [5.41, 5.74) is 0. The molecule has 1 aromatic heterocycles. The number of aromatic amines is 1. The van der Waals surface area contributed by atoms with Crippen molar-refractivity contribution in [1.29, 1.82) is 0 Å². The third-order valence-corrected chi connectivity index (χ3v) is 2.34. The minimum Gasteiger partial charge on any atom is -0.468 e. The molecule has 16 heavy (non-hydrogen) atoms. The van der Waals surface area contributed by atoms with Crippen molar-refractivity contribution in [2.45, 2.75) is 32.2 Å². The normalized spacial score (nSPS) is 12.4. The molecule has 0 aliphatic rings. The number of nitrogens with one attached hydrogen (secondary N) is 2. The molecule has 6 heteroatoms. The lowest BCUT2D eigenvalue weighted by atomic mass is 10.2. The average molecular weight is 226 g/mol. The van der Waals surface area contributed by atoms with E-state index in [-0.39, 0.29) is 12.0 Å². The van der Waals surface area contributed by atoms with Crippen LogP contribution < -0.4 is 5.32 Å². The predicted molar refractivity (Wildman–Crippen MR) is 58.8 cm³/mol. The molecule has 0 amide bonds. The summed E-state index contributed by atoms with van der Waals surface area (Å²) in [6.07, 6.45) is 3.95. The Kier molecular flexibility index (Phi) is 5.49. The van der Waals surface area contributed by atoms with Crippen LogP contribution in [0.3, 0.4) is 0 Å². The van der Waals surface area contributed by atoms with Crippen molar-refractivity contribution in [1.82, 2.24) is 20.5 Å². The van der Waals surface area contributed by atoms with Gasteiger partial charge in [-0.05, 0) is 19.4 Å². The van der Waals surface area contributed by atoms with Crippen LogP contribution in [-0.4, -0.2) is 40.8 Å². The third-order valence-electron chi connectivity index (χ3n) is 2.34. The van der Waals surface area contributed by atoms with E-state index in [2.05, 4.69) is 25.2 Å². The van der Waals surface area contributed by atoms with Crippen LogP contribution in [0, 0.1) is 0 Å². The minimum absolute atomic E-state index is 0.206. The fourth-order valence-electron chi connectivity index (χ4n) is 1.42. The van der Waals surface area contributed by atoms with Crippen LogP contribution in [0.5, 0.6) is 0 Å². The van der Waals surface area contributed by atoms with Gasteiger partial charge in [0.1, 0.15) is 18.2 Å². The first-order valence-electron chi connectivity index (χ1n) is 5.43. The predicted octanol–water partition coefficient (Wildman–Crippen LogP) is 0.278. The molecule has 90 valence electrons. The van der Waals surface area contributed by atoms with Crippen LogP contribution in [0.25, 0.3) is 0 Å². The molecule has 1 unspecified atom stereocenters. The van der Waals surface area contributed by atoms with E-state index in [0.29, 0.717) is 0 Å². The Hall–Kier alpha value is -1.43. The maximum absolute atomic E-state index is 11.3. The molecule has 0 saturated carbocycles. The summed E-state index contributed by atoms with van der Waals surface area (Å²) < 4.78 is 4.68. The van der Waals surface area contributed by atoms with Crippen LogP contribution >= 0.6 is 0 Å². The van der Waals surface area contributed by atoms with Gasteiger partial charge >= 0.3 is 5.97 Å². The zero-order valence-electron chi connectivity index (χ0n) is 9.69. The van der Waals surface area contributed by atoms with E-state index in [1.54, 1.807) is 0 Å². The highest BCUT2D eigenvalue weighted by molar-refractivity contribution is 5.75. The first-order valence-corrected chi connectivity index (χ1v) is 5.43. The molecule has 6 nitrogen and oxygen atoms in total. The molecule has 0 saturated heterocycles. The number of rotatable bonds is 7. The van der Waals surface area contributed by atoms with Gasteiger partial charge in [-0.25, -0.2) is 4.98 Å². The van der Waals surface area contributed by atoms with E-state index >= 15 is 0 Å². The summed E-state index contributed by atoms with van der Waals surface area (Å²) >= 11 is 0. The van der Waals surface area contributed by atoms with Crippen LogP contribution in [0.4, 0.5) is 0 Å². The molecule has 0 aliphatic carbocycles. The van der Waals surface area contributed by atoms with Crippen molar-refractivity contribution >= 4 is 5.97 Å². The van der Waals surface area contributed by atoms with Gasteiger partial charge in [0.15, 0.2) is 0 Å². The number of hydrogen-bond acceptors (Lipinski definition) is 5. The zero-order valence-corrected chi connectivity index (χ0v) is 9.69. The Labute approximate surface area is 94.8 Å². The third kappa shape index (κ3) is 3.98. The molecule has 0 fully saturated rings. The van der Waals surface area contributed by atoms with E-state index < -0.39 is 0 Å². The lowest BCUT2D eigenvalue weighted by molar-refractivity contribution is -0.143. The number of methoxy groups -OCH3 is 1. The number of carbonyl (C=O) groups excluding carboxylic acids is 1. The maximum Gasteiger partial charge on any atom is 0.322 e. The Bertz CT molecular complexity index is 300. The van der Waals surface area contributed by atoms with Crippen molar-refractivity contribution in [2.24, 2.45) is 0 Å². The number of aryl methyl sites for hydroxylation is 1. The topological polar surface area (TPSA) is 79.9 Å². The number of aromatic nitrogens is 3. The van der Waals surface area contributed by atoms with E-state index in [1.807, 2.05) is 6.92 Å². The Morgan fingerprint density at radius 2 is 2.50 bits per heavy atom. The molecule has 0 bridgehead atoms. The van der Waals surface area contributed by atoms with Gasteiger partial charge in [-0.2, -0.15) is 5.10 Å². The standard InChI is InChI=1S/C10H18N4O2/c1-3-8(10(15)16-2)11-6-4-5-9-12-7-13-14-9/h7-8,11H,3-6H2,1-2H3,(H,12,13,14). The second-order valence-electron chi connectivity index (χ2n) is 3.47. The maximum atomic E-state index is 11.3. The van der Waals surface area contributed by atoms with Crippen LogP contribution in [0.2, 0.25) is 0 Å². The Morgan fingerprint density at radius 1 is 1.69 bits per heavy atom. The van der Waals surface area contributed by atoms with E-state index in [1.165, 1.54) is 13.4 Å². The zero-order chi connectivity index (χ0) is 11.8. The smallest absolute Gasteiger partial charge is 0.322 e. The molecule has 0 aromatic carbocycles. The molecular weight excluding hydrogens is 208 g/mol. The number of carbonyl (C=O) groups is 1. The number of H-pyrrole nitrogens is 1. The van der Waals surface area contributed by atoms with Crippen molar-refractivity contribution in [2.75, 3.05) is 13.7 Å². The highest BCUT2D eigenvalue weighted by Gasteiger charge is 2.15. The highest BCUT2D eigenvalue weighted by atomic mass is 16.5. The number of ether oxygens (including phenoxy) is 1. The van der Waals surface area contributed by atoms with Crippen LogP contribution in [0.15, 0.2) is 6.33 Å². The summed E-state index contributed by atoms with van der Waals surface area (Å²) in [6.45, 7) is 2.71. The van der Waals surface area contributed by atoms with Gasteiger partial charge in [-0.3, -0.25) is 9.89 Å². The van der Waals surface area contributed by atoms with E-state index in [4.69, 9.17) is 0 Å². The summed E-state index contributed by atoms with van der Waals surface area (Å²) in [5.74, 6) is 0.662. The monoisotopic (exact) mass is 226 g/mol. The average Bonchev–Trinajstić information content (AvgIpc) is 2.81. The molecular formula is C10H18N4O2. The molecule has 0 radical (unpaired) electrons. The molecule has 1 aromatic rings. The summed E-state index contributed by atoms with van der Waals surface area (Å²) in [4.78, 5) is 15.3. The summed E-state index contributed by atoms with van der Waals surface area (Å²) in [5, 5.41) is 9.70. The van der Waals surface area contributed by atoms with Crippen LogP contribution in [-0.2, 0) is 16.0 Å². The SMILES string of the molecule is CCC(NCCCc1ncn[nH]1)C(=O)OC. The van der Waals surface area contributed by atoms with Crippen molar-refractivity contribution in [3.05, 3.63) is 12.2 Å². The summed E-state index contributed by atoms with van der Waals surface area (Å²) in [6, 6.07) is -0.209.